The fourth-order valence-electron chi connectivity index (χ4n) is 3.08. The summed E-state index contributed by atoms with van der Waals surface area (Å²) in [5.74, 6) is -1.25. The summed E-state index contributed by atoms with van der Waals surface area (Å²) < 4.78 is 21.1. The van der Waals surface area contributed by atoms with Gasteiger partial charge in [-0.15, -0.1) is 0 Å². The molecule has 162 valence electrons. The van der Waals surface area contributed by atoms with Crippen LogP contribution in [0.4, 0.5) is 15.8 Å². The summed E-state index contributed by atoms with van der Waals surface area (Å²) in [6.45, 7) is 4.27. The van der Waals surface area contributed by atoms with E-state index in [0.29, 0.717) is 18.0 Å². The fraction of sp³-hybridized carbons (Fsp3) is 0.227. The predicted molar refractivity (Wildman–Crippen MR) is 117 cm³/mol. The number of nitrogens with one attached hydrogen (secondary N) is 2. The number of halogens is 2. The molecule has 0 aliphatic carbocycles. The molecule has 0 unspecified atom stereocenters. The minimum Gasteiger partial charge on any atom is -0.495 e. The van der Waals surface area contributed by atoms with Gasteiger partial charge in [0.1, 0.15) is 11.6 Å². The quantitative estimate of drug-likeness (QED) is 0.558. The van der Waals surface area contributed by atoms with Crippen LogP contribution in [0.5, 0.6) is 5.75 Å². The normalized spacial score (nSPS) is 10.6. The molecule has 31 heavy (non-hydrogen) atoms. The van der Waals surface area contributed by atoms with E-state index in [0.717, 1.165) is 17.5 Å². The third-order valence-corrected chi connectivity index (χ3v) is 4.80. The van der Waals surface area contributed by atoms with Crippen molar-refractivity contribution in [1.29, 1.82) is 0 Å². The van der Waals surface area contributed by atoms with Crippen molar-refractivity contribution in [2.75, 3.05) is 17.7 Å². The van der Waals surface area contributed by atoms with Crippen LogP contribution >= 0.6 is 11.6 Å². The molecule has 0 aliphatic rings. The Morgan fingerprint density at radius 2 is 1.90 bits per heavy atom. The van der Waals surface area contributed by atoms with E-state index in [9.17, 15) is 14.0 Å². The minimum atomic E-state index is -0.738. The van der Waals surface area contributed by atoms with Crippen molar-refractivity contribution in [3.05, 3.63) is 70.3 Å². The van der Waals surface area contributed by atoms with Crippen LogP contribution in [-0.2, 0) is 11.3 Å². The number of ether oxygens (including phenoxy) is 1. The maximum absolute atomic E-state index is 14.1. The van der Waals surface area contributed by atoms with Gasteiger partial charge in [0.05, 0.1) is 24.1 Å². The molecular weight excluding hydrogens is 423 g/mol. The second kappa shape index (κ2) is 9.61. The number of methoxy groups -OCH3 is 1. The van der Waals surface area contributed by atoms with Crippen LogP contribution in [0.15, 0.2) is 42.5 Å². The zero-order chi connectivity index (χ0) is 22.5. The van der Waals surface area contributed by atoms with Crippen molar-refractivity contribution in [3.8, 4) is 5.75 Å². The Bertz CT molecular complexity index is 1130. The third-order valence-electron chi connectivity index (χ3n) is 4.56. The average molecular weight is 445 g/mol. The Hall–Kier alpha value is -3.39. The number of carbonyl (C=O) groups is 2. The molecular formula is C22H22ClFN4O3. The van der Waals surface area contributed by atoms with Gasteiger partial charge in [-0.2, -0.15) is 5.10 Å². The zero-order valence-corrected chi connectivity index (χ0v) is 18.1. The SMILES string of the molecule is COc1ccc(NC(=O)CCn2nc(C)cc2C)cc1NC(=O)c1ccc(Cl)cc1F. The number of anilines is 2. The van der Waals surface area contributed by atoms with Gasteiger partial charge < -0.3 is 15.4 Å². The lowest BCUT2D eigenvalue weighted by Crippen LogP contribution is -2.17. The zero-order valence-electron chi connectivity index (χ0n) is 17.3. The first-order valence-corrected chi connectivity index (χ1v) is 9.90. The third kappa shape index (κ3) is 5.61. The van der Waals surface area contributed by atoms with E-state index in [-0.39, 0.29) is 28.6 Å². The van der Waals surface area contributed by atoms with Crippen LogP contribution in [-0.4, -0.2) is 28.7 Å². The molecule has 1 heterocycles. The molecule has 1 aromatic heterocycles. The van der Waals surface area contributed by atoms with Gasteiger partial charge in [-0.1, -0.05) is 11.6 Å². The number of aromatic nitrogens is 2. The second-order valence-electron chi connectivity index (χ2n) is 6.94. The van der Waals surface area contributed by atoms with Gasteiger partial charge in [0.2, 0.25) is 5.91 Å². The van der Waals surface area contributed by atoms with Crippen LogP contribution < -0.4 is 15.4 Å². The molecule has 2 amide bonds. The molecule has 7 nitrogen and oxygen atoms in total. The van der Waals surface area contributed by atoms with Crippen LogP contribution in [0, 0.1) is 19.7 Å². The molecule has 0 saturated heterocycles. The lowest BCUT2D eigenvalue weighted by atomic mass is 10.2. The van der Waals surface area contributed by atoms with E-state index in [4.69, 9.17) is 16.3 Å². The Balaban J connectivity index is 1.70. The van der Waals surface area contributed by atoms with Gasteiger partial charge in [0.25, 0.3) is 5.91 Å². The number of benzene rings is 2. The highest BCUT2D eigenvalue weighted by atomic mass is 35.5. The standard InChI is InChI=1S/C22H22ClFN4O3/c1-13-10-14(2)28(27-13)9-8-21(29)25-16-5-7-20(31-3)19(12-16)26-22(30)17-6-4-15(23)11-18(17)24/h4-7,10-12H,8-9H2,1-3H3,(H,25,29)(H,26,30). The summed E-state index contributed by atoms with van der Waals surface area (Å²) >= 11 is 5.74. The number of nitrogens with zero attached hydrogens (tertiary/aromatic N) is 2. The van der Waals surface area contributed by atoms with Crippen LogP contribution in [0.25, 0.3) is 0 Å². The van der Waals surface area contributed by atoms with Crippen molar-refractivity contribution < 1.29 is 18.7 Å². The summed E-state index contributed by atoms with van der Waals surface area (Å²) in [6.07, 6.45) is 0.228. The smallest absolute Gasteiger partial charge is 0.258 e. The summed E-state index contributed by atoms with van der Waals surface area (Å²) in [5.41, 5.74) is 2.47. The number of rotatable bonds is 7. The highest BCUT2D eigenvalue weighted by Crippen LogP contribution is 2.29. The average Bonchev–Trinajstić information content (AvgIpc) is 3.03. The van der Waals surface area contributed by atoms with Crippen LogP contribution in [0.1, 0.15) is 28.2 Å². The maximum Gasteiger partial charge on any atom is 0.258 e. The molecule has 0 aliphatic heterocycles. The van der Waals surface area contributed by atoms with Crippen LogP contribution in [0.3, 0.4) is 0 Å². The first-order valence-electron chi connectivity index (χ1n) is 9.52. The molecule has 3 rings (SSSR count). The lowest BCUT2D eigenvalue weighted by molar-refractivity contribution is -0.116. The molecule has 2 N–H and O–H groups in total. The summed E-state index contributed by atoms with van der Waals surface area (Å²) in [4.78, 5) is 24.9. The van der Waals surface area contributed by atoms with E-state index in [1.165, 1.54) is 19.2 Å². The monoisotopic (exact) mass is 444 g/mol. The van der Waals surface area contributed by atoms with Gasteiger partial charge in [-0.3, -0.25) is 14.3 Å². The number of hydrogen-bond donors (Lipinski definition) is 2. The minimum absolute atomic E-state index is 0.161. The van der Waals surface area contributed by atoms with Gasteiger partial charge in [0.15, 0.2) is 0 Å². The second-order valence-corrected chi connectivity index (χ2v) is 7.38. The Morgan fingerprint density at radius 3 is 2.55 bits per heavy atom. The molecule has 0 fully saturated rings. The molecule has 9 heteroatoms. The van der Waals surface area contributed by atoms with Crippen molar-refractivity contribution >= 4 is 34.8 Å². The number of aryl methyl sites for hydroxylation is 3. The van der Waals surface area contributed by atoms with Crippen molar-refractivity contribution in [1.82, 2.24) is 9.78 Å². The molecule has 0 spiro atoms. The highest BCUT2D eigenvalue weighted by molar-refractivity contribution is 6.30. The topological polar surface area (TPSA) is 85.2 Å². The van der Waals surface area contributed by atoms with Gasteiger partial charge in [0, 0.05) is 29.4 Å². The van der Waals surface area contributed by atoms with Gasteiger partial charge >= 0.3 is 0 Å². The Kier molecular flexibility index (Phi) is 6.91. The number of amides is 2. The largest absolute Gasteiger partial charge is 0.495 e. The maximum atomic E-state index is 14.1. The lowest BCUT2D eigenvalue weighted by Gasteiger charge is -2.13. The summed E-state index contributed by atoms with van der Waals surface area (Å²) in [7, 11) is 1.44. The predicted octanol–water partition coefficient (Wildman–Crippen LogP) is 4.58. The van der Waals surface area contributed by atoms with Crippen molar-refractivity contribution in [3.63, 3.8) is 0 Å². The van der Waals surface area contributed by atoms with E-state index >= 15 is 0 Å². The number of carbonyl (C=O) groups excluding carboxylic acids is 2. The van der Waals surface area contributed by atoms with E-state index in [2.05, 4.69) is 15.7 Å². The number of hydrogen-bond acceptors (Lipinski definition) is 4. The van der Waals surface area contributed by atoms with Gasteiger partial charge in [-0.05, 0) is 56.3 Å². The van der Waals surface area contributed by atoms with E-state index in [1.54, 1.807) is 22.9 Å². The summed E-state index contributed by atoms with van der Waals surface area (Å²) in [6, 6.07) is 10.5. The first kappa shape index (κ1) is 22.3. The molecule has 0 bridgehead atoms. The van der Waals surface area contributed by atoms with Crippen molar-refractivity contribution in [2.45, 2.75) is 26.8 Å². The highest BCUT2D eigenvalue weighted by Gasteiger charge is 2.15. The van der Waals surface area contributed by atoms with Crippen LogP contribution in [0.2, 0.25) is 5.02 Å². The van der Waals surface area contributed by atoms with Crippen molar-refractivity contribution in [2.24, 2.45) is 0 Å². The Labute approximate surface area is 184 Å². The fourth-order valence-corrected chi connectivity index (χ4v) is 3.24. The molecule has 0 atom stereocenters. The Morgan fingerprint density at radius 1 is 1.13 bits per heavy atom. The van der Waals surface area contributed by atoms with E-state index in [1.807, 2.05) is 19.9 Å². The molecule has 0 saturated carbocycles. The molecule has 0 radical (unpaired) electrons. The molecule has 2 aromatic carbocycles. The van der Waals surface area contributed by atoms with Gasteiger partial charge in [-0.25, -0.2) is 4.39 Å². The first-order chi connectivity index (χ1) is 14.8. The summed E-state index contributed by atoms with van der Waals surface area (Å²) in [5, 5.41) is 9.92. The molecule has 3 aromatic rings. The van der Waals surface area contributed by atoms with E-state index < -0.39 is 11.7 Å².